The second kappa shape index (κ2) is 9.10. The molecule has 34 heavy (non-hydrogen) atoms. The monoisotopic (exact) mass is 466 g/mol. The van der Waals surface area contributed by atoms with Crippen LogP contribution in [0.25, 0.3) is 11.1 Å². The van der Waals surface area contributed by atoms with Gasteiger partial charge >= 0.3 is 0 Å². The number of nitrogens with two attached hydrogens (primary N) is 1. The molecular formula is C26H28F2N4O2. The Hall–Kier alpha value is -3.39. The molecule has 8 heteroatoms. The number of aliphatic imine (C=N–C) groups is 2. The largest absolute Gasteiger partial charge is 0.398 e. The molecule has 0 saturated carbocycles. The number of hydrogen-bond donors (Lipinski definition) is 2. The van der Waals surface area contributed by atoms with Gasteiger partial charge in [0.25, 0.3) is 5.91 Å². The van der Waals surface area contributed by atoms with Crippen molar-refractivity contribution in [3.8, 4) is 11.1 Å². The summed E-state index contributed by atoms with van der Waals surface area (Å²) in [4.78, 5) is 22.4. The predicted molar refractivity (Wildman–Crippen MR) is 130 cm³/mol. The molecule has 1 unspecified atom stereocenters. The van der Waals surface area contributed by atoms with Crippen LogP contribution in [-0.2, 0) is 16.9 Å². The Bertz CT molecular complexity index is 1220. The minimum atomic E-state index is -1.15. The van der Waals surface area contributed by atoms with Crippen LogP contribution in [0.5, 0.6) is 0 Å². The summed E-state index contributed by atoms with van der Waals surface area (Å²) in [6.07, 6.45) is 5.01. The van der Waals surface area contributed by atoms with Crippen molar-refractivity contribution in [1.29, 1.82) is 0 Å². The molecule has 0 bridgehead atoms. The zero-order valence-electron chi connectivity index (χ0n) is 19.5. The number of aliphatic hydroxyl groups is 1. The molecule has 2 heterocycles. The van der Waals surface area contributed by atoms with E-state index in [2.05, 4.69) is 9.98 Å². The maximum atomic E-state index is 15.2. The van der Waals surface area contributed by atoms with E-state index >= 15 is 8.78 Å². The number of halogens is 2. The van der Waals surface area contributed by atoms with Crippen LogP contribution in [0.15, 0.2) is 45.5 Å². The zero-order valence-corrected chi connectivity index (χ0v) is 19.5. The van der Waals surface area contributed by atoms with Gasteiger partial charge in [0, 0.05) is 47.4 Å². The number of benzene rings is 2. The summed E-state index contributed by atoms with van der Waals surface area (Å²) in [6.45, 7) is 3.58. The number of hydrogen-bond acceptors (Lipinski definition) is 5. The van der Waals surface area contributed by atoms with Crippen molar-refractivity contribution in [2.24, 2.45) is 9.98 Å². The Labute approximate surface area is 197 Å². The van der Waals surface area contributed by atoms with Crippen LogP contribution in [0.4, 0.5) is 14.5 Å². The van der Waals surface area contributed by atoms with Crippen molar-refractivity contribution >= 4 is 24.0 Å². The molecule has 3 N–H and O–H groups in total. The number of rotatable bonds is 6. The smallest absolute Gasteiger partial charge is 0.252 e. The van der Waals surface area contributed by atoms with Crippen LogP contribution < -0.4 is 5.73 Å². The normalized spacial score (nSPS) is 17.6. The van der Waals surface area contributed by atoms with Gasteiger partial charge in [0.2, 0.25) is 0 Å². The van der Waals surface area contributed by atoms with Gasteiger partial charge in [-0.3, -0.25) is 14.8 Å². The van der Waals surface area contributed by atoms with Gasteiger partial charge in [-0.2, -0.15) is 0 Å². The predicted octanol–water partition coefficient (Wildman–Crippen LogP) is 4.34. The number of nitrogen functional groups attached to an aromatic ring is 1. The van der Waals surface area contributed by atoms with E-state index in [0.29, 0.717) is 52.9 Å². The Balaban J connectivity index is 1.69. The van der Waals surface area contributed by atoms with E-state index in [4.69, 9.17) is 5.73 Å². The summed E-state index contributed by atoms with van der Waals surface area (Å²) in [7, 11) is 1.57. The number of amides is 1. The second-order valence-electron chi connectivity index (χ2n) is 8.86. The molecule has 178 valence electrons. The molecule has 0 spiro atoms. The number of nitrogens with zero attached hydrogens (tertiary/aromatic N) is 3. The molecular weight excluding hydrogens is 438 g/mol. The lowest BCUT2D eigenvalue weighted by Crippen LogP contribution is -2.27. The van der Waals surface area contributed by atoms with Crippen molar-refractivity contribution in [3.05, 3.63) is 63.9 Å². The number of carbonyl (C=O) groups excluding carboxylic acids is 1. The summed E-state index contributed by atoms with van der Waals surface area (Å²) in [5.41, 5.74) is 8.42. The Morgan fingerprint density at radius 3 is 2.62 bits per heavy atom. The van der Waals surface area contributed by atoms with Crippen LogP contribution in [0, 0.1) is 11.6 Å². The van der Waals surface area contributed by atoms with Crippen LogP contribution in [-0.4, -0.2) is 41.9 Å². The Morgan fingerprint density at radius 2 is 2.00 bits per heavy atom. The molecule has 0 radical (unpaired) electrons. The van der Waals surface area contributed by atoms with Crippen LogP contribution in [0.1, 0.15) is 49.8 Å². The number of carbonyl (C=O) groups is 1. The lowest BCUT2D eigenvalue weighted by atomic mass is 9.87. The molecule has 0 saturated heterocycles. The van der Waals surface area contributed by atoms with Crippen molar-refractivity contribution in [3.63, 3.8) is 0 Å². The highest BCUT2D eigenvalue weighted by Crippen LogP contribution is 2.37. The van der Waals surface area contributed by atoms with Gasteiger partial charge in [0.15, 0.2) is 0 Å². The minimum absolute atomic E-state index is 0.176. The van der Waals surface area contributed by atoms with Crippen molar-refractivity contribution in [2.75, 3.05) is 19.3 Å². The molecule has 4 rings (SSSR count). The topological polar surface area (TPSA) is 91.3 Å². The zero-order chi connectivity index (χ0) is 24.6. The lowest BCUT2D eigenvalue weighted by molar-refractivity contribution is -0.126. The van der Waals surface area contributed by atoms with Gasteiger partial charge in [-0.25, -0.2) is 8.78 Å². The quantitative estimate of drug-likeness (QED) is 0.490. The molecule has 2 aromatic carbocycles. The fraction of sp³-hybridized carbons (Fsp3) is 0.346. The van der Waals surface area contributed by atoms with Gasteiger partial charge in [-0.15, -0.1) is 0 Å². The fourth-order valence-electron chi connectivity index (χ4n) is 4.46. The van der Waals surface area contributed by atoms with Gasteiger partial charge < -0.3 is 15.7 Å². The summed E-state index contributed by atoms with van der Waals surface area (Å²) < 4.78 is 30.3. The highest BCUT2D eigenvalue weighted by atomic mass is 19.1. The maximum absolute atomic E-state index is 15.2. The fourth-order valence-corrected chi connectivity index (χ4v) is 4.46. The van der Waals surface area contributed by atoms with E-state index in [1.165, 1.54) is 23.2 Å². The Morgan fingerprint density at radius 1 is 1.29 bits per heavy atom. The average molecular weight is 467 g/mol. The maximum Gasteiger partial charge on any atom is 0.252 e. The minimum Gasteiger partial charge on any atom is -0.398 e. The first-order chi connectivity index (χ1) is 16.2. The van der Waals surface area contributed by atoms with E-state index in [-0.39, 0.29) is 30.1 Å². The van der Waals surface area contributed by atoms with Crippen LogP contribution in [0.3, 0.4) is 0 Å². The van der Waals surface area contributed by atoms with E-state index in [9.17, 15) is 9.90 Å². The molecule has 2 aliphatic heterocycles. The first-order valence-electron chi connectivity index (χ1n) is 11.3. The highest BCUT2D eigenvalue weighted by molar-refractivity contribution is 5.99. The molecule has 2 aromatic rings. The third kappa shape index (κ3) is 4.14. The molecule has 0 aliphatic carbocycles. The molecule has 1 atom stereocenters. The molecule has 6 nitrogen and oxygen atoms in total. The van der Waals surface area contributed by atoms with Gasteiger partial charge in [-0.1, -0.05) is 19.1 Å². The Kier molecular flexibility index (Phi) is 6.36. The van der Waals surface area contributed by atoms with Gasteiger partial charge in [0.05, 0.1) is 24.4 Å². The molecule has 0 aromatic heterocycles. The van der Waals surface area contributed by atoms with E-state index < -0.39 is 17.2 Å². The third-order valence-electron chi connectivity index (χ3n) is 6.62. The summed E-state index contributed by atoms with van der Waals surface area (Å²) in [5.74, 6) is -1.72. The van der Waals surface area contributed by atoms with E-state index in [0.717, 1.165) is 0 Å². The molecule has 0 fully saturated rings. The lowest BCUT2D eigenvalue weighted by Gasteiger charge is -2.25. The summed E-state index contributed by atoms with van der Waals surface area (Å²) >= 11 is 0. The first kappa shape index (κ1) is 23.8. The molecule has 2 aliphatic rings. The van der Waals surface area contributed by atoms with Gasteiger partial charge in [0.1, 0.15) is 11.6 Å². The SMILES string of the molecule is CCC(C)(O)c1ccc(-c2cc(F)c(CN3CC4=C(CCC=N4)C3=O)c(F)c2)c(C=NC)c1N. The van der Waals surface area contributed by atoms with E-state index in [1.54, 1.807) is 32.3 Å². The summed E-state index contributed by atoms with van der Waals surface area (Å²) in [5, 5.41) is 10.7. The summed E-state index contributed by atoms with van der Waals surface area (Å²) in [6, 6.07) is 5.83. The van der Waals surface area contributed by atoms with Crippen molar-refractivity contribution in [2.45, 2.75) is 45.3 Å². The second-order valence-corrected chi connectivity index (χ2v) is 8.86. The van der Waals surface area contributed by atoms with E-state index in [1.807, 2.05) is 6.92 Å². The standard InChI is InChI=1S/C26H28F2N4O2/c1-4-26(2,34)20-8-7-16(18(12-30-3)24(20)29)15-10-21(27)19(22(28)11-15)13-32-14-23-17(25(32)33)6-5-9-31-23/h7-12,34H,4-6,13-14,29H2,1-3H3. The van der Waals surface area contributed by atoms with Gasteiger partial charge in [-0.05, 0) is 49.4 Å². The molecule has 1 amide bonds. The van der Waals surface area contributed by atoms with Crippen molar-refractivity contribution in [1.82, 2.24) is 4.90 Å². The average Bonchev–Trinajstić information content (AvgIpc) is 3.12. The highest BCUT2D eigenvalue weighted by Gasteiger charge is 2.32. The third-order valence-corrected chi connectivity index (χ3v) is 6.62. The van der Waals surface area contributed by atoms with Crippen LogP contribution >= 0.6 is 0 Å². The van der Waals surface area contributed by atoms with Crippen LogP contribution in [0.2, 0.25) is 0 Å². The first-order valence-corrected chi connectivity index (χ1v) is 11.3. The number of anilines is 1. The van der Waals surface area contributed by atoms with Crippen molar-refractivity contribution < 1.29 is 18.7 Å².